The Bertz CT molecular complexity index is 631. The average Bonchev–Trinajstić information content (AvgIpc) is 2.53. The van der Waals surface area contributed by atoms with Gasteiger partial charge in [-0.25, -0.2) is 4.57 Å². The highest BCUT2D eigenvalue weighted by molar-refractivity contribution is 5.75. The third-order valence-corrected chi connectivity index (χ3v) is 3.27. The predicted octanol–water partition coefficient (Wildman–Crippen LogP) is -0.289. The van der Waals surface area contributed by atoms with E-state index in [-0.39, 0.29) is 24.0 Å². The molecule has 1 aromatic heterocycles. The fourth-order valence-electron chi connectivity index (χ4n) is 2.08. The maximum Gasteiger partial charge on any atom is 0.204 e. The SMILES string of the molecule is COc1cc(OC)c(C=Cc2cccc[n+]2C)c(OC)c1.[I-]. The molecule has 0 bridgehead atoms. The van der Waals surface area contributed by atoms with Crippen molar-refractivity contribution >= 4 is 12.2 Å². The number of methoxy groups -OCH3 is 3. The maximum absolute atomic E-state index is 5.43. The molecule has 0 aliphatic heterocycles. The highest BCUT2D eigenvalue weighted by Gasteiger charge is 2.11. The summed E-state index contributed by atoms with van der Waals surface area (Å²) in [5.74, 6) is 2.12. The molecule has 2 rings (SSSR count). The highest BCUT2D eigenvalue weighted by Crippen LogP contribution is 2.35. The minimum absolute atomic E-state index is 0. The quantitative estimate of drug-likeness (QED) is 0.499. The van der Waals surface area contributed by atoms with Gasteiger partial charge in [-0.1, -0.05) is 0 Å². The first-order chi connectivity index (χ1) is 10.2. The van der Waals surface area contributed by atoms with Gasteiger partial charge in [0.1, 0.15) is 24.3 Å². The molecule has 0 aliphatic carbocycles. The van der Waals surface area contributed by atoms with Gasteiger partial charge in [-0.3, -0.25) is 0 Å². The van der Waals surface area contributed by atoms with Gasteiger partial charge in [-0.05, 0) is 12.1 Å². The Kier molecular flexibility index (Phi) is 7.17. The van der Waals surface area contributed by atoms with Crippen LogP contribution in [0.3, 0.4) is 0 Å². The Balaban J connectivity index is 0.00000242. The first-order valence-electron chi connectivity index (χ1n) is 6.62. The second kappa shape index (κ2) is 8.63. The second-order valence-corrected chi connectivity index (χ2v) is 4.52. The monoisotopic (exact) mass is 413 g/mol. The summed E-state index contributed by atoms with van der Waals surface area (Å²) in [7, 11) is 6.89. The molecule has 0 unspecified atom stereocenters. The van der Waals surface area contributed by atoms with Crippen LogP contribution in [0.4, 0.5) is 0 Å². The van der Waals surface area contributed by atoms with Crippen LogP contribution in [-0.2, 0) is 7.05 Å². The van der Waals surface area contributed by atoms with Crippen molar-refractivity contribution in [3.8, 4) is 17.2 Å². The van der Waals surface area contributed by atoms with E-state index in [0.717, 1.165) is 11.3 Å². The summed E-state index contributed by atoms with van der Waals surface area (Å²) >= 11 is 0. The molecule has 5 heteroatoms. The summed E-state index contributed by atoms with van der Waals surface area (Å²) in [6.07, 6.45) is 6.00. The summed E-state index contributed by atoms with van der Waals surface area (Å²) in [5, 5.41) is 0. The number of hydrogen-bond donors (Lipinski definition) is 0. The molecular weight excluding hydrogens is 393 g/mol. The average molecular weight is 413 g/mol. The first-order valence-corrected chi connectivity index (χ1v) is 6.62. The summed E-state index contributed by atoms with van der Waals surface area (Å²) in [6, 6.07) is 9.72. The Labute approximate surface area is 148 Å². The number of aryl methyl sites for hydroxylation is 1. The maximum atomic E-state index is 5.43. The molecule has 0 spiro atoms. The van der Waals surface area contributed by atoms with Crippen LogP contribution in [0.2, 0.25) is 0 Å². The van der Waals surface area contributed by atoms with Crippen molar-refractivity contribution in [2.24, 2.45) is 7.05 Å². The van der Waals surface area contributed by atoms with Crippen LogP contribution >= 0.6 is 0 Å². The van der Waals surface area contributed by atoms with E-state index in [1.54, 1.807) is 21.3 Å². The Morgan fingerprint density at radius 1 is 0.909 bits per heavy atom. The van der Waals surface area contributed by atoms with Gasteiger partial charge >= 0.3 is 0 Å². The Hall–Kier alpha value is -1.76. The van der Waals surface area contributed by atoms with Gasteiger partial charge in [0.15, 0.2) is 6.20 Å². The van der Waals surface area contributed by atoms with E-state index < -0.39 is 0 Å². The van der Waals surface area contributed by atoms with E-state index in [1.807, 2.05) is 60.3 Å². The van der Waals surface area contributed by atoms with Gasteiger partial charge in [0, 0.05) is 30.3 Å². The van der Waals surface area contributed by atoms with Crippen LogP contribution in [0.25, 0.3) is 12.2 Å². The van der Waals surface area contributed by atoms with Gasteiger partial charge < -0.3 is 38.2 Å². The zero-order valence-electron chi connectivity index (χ0n) is 13.2. The van der Waals surface area contributed by atoms with Crippen molar-refractivity contribution < 1.29 is 42.8 Å². The second-order valence-electron chi connectivity index (χ2n) is 4.52. The van der Waals surface area contributed by atoms with Crippen LogP contribution in [0.15, 0.2) is 36.5 Å². The molecule has 2 aromatic rings. The van der Waals surface area contributed by atoms with Crippen molar-refractivity contribution in [3.63, 3.8) is 0 Å². The molecule has 0 aliphatic rings. The van der Waals surface area contributed by atoms with Crippen molar-refractivity contribution in [2.45, 2.75) is 0 Å². The summed E-state index contributed by atoms with van der Waals surface area (Å²) < 4.78 is 18.2. The van der Waals surface area contributed by atoms with E-state index in [0.29, 0.717) is 17.2 Å². The van der Waals surface area contributed by atoms with Crippen LogP contribution in [0, 0.1) is 0 Å². The number of rotatable bonds is 5. The normalized spacial score (nSPS) is 10.2. The third-order valence-electron chi connectivity index (χ3n) is 3.27. The first kappa shape index (κ1) is 18.3. The zero-order chi connectivity index (χ0) is 15.2. The van der Waals surface area contributed by atoms with Gasteiger partial charge in [-0.15, -0.1) is 0 Å². The minimum Gasteiger partial charge on any atom is -1.00 e. The van der Waals surface area contributed by atoms with Crippen molar-refractivity contribution in [1.82, 2.24) is 0 Å². The molecule has 0 atom stereocenters. The number of halogens is 1. The largest absolute Gasteiger partial charge is 1.00 e. The number of pyridine rings is 1. The van der Waals surface area contributed by atoms with Crippen LogP contribution in [0.5, 0.6) is 17.2 Å². The molecule has 118 valence electrons. The number of ether oxygens (including phenoxy) is 3. The summed E-state index contributed by atoms with van der Waals surface area (Å²) in [4.78, 5) is 0. The number of aromatic nitrogens is 1. The smallest absolute Gasteiger partial charge is 0.204 e. The third kappa shape index (κ3) is 4.13. The highest BCUT2D eigenvalue weighted by atomic mass is 127. The van der Waals surface area contributed by atoms with E-state index in [2.05, 4.69) is 0 Å². The predicted molar refractivity (Wildman–Crippen MR) is 82.6 cm³/mol. The Morgan fingerprint density at radius 2 is 1.55 bits per heavy atom. The molecule has 1 aromatic carbocycles. The molecule has 1 heterocycles. The van der Waals surface area contributed by atoms with Crippen molar-refractivity contribution in [2.75, 3.05) is 21.3 Å². The minimum atomic E-state index is 0. The lowest BCUT2D eigenvalue weighted by Crippen LogP contribution is -3.00. The lowest BCUT2D eigenvalue weighted by molar-refractivity contribution is -0.673. The van der Waals surface area contributed by atoms with Crippen LogP contribution in [0.1, 0.15) is 11.3 Å². The van der Waals surface area contributed by atoms with E-state index in [4.69, 9.17) is 14.2 Å². The zero-order valence-corrected chi connectivity index (χ0v) is 15.3. The Morgan fingerprint density at radius 3 is 2.05 bits per heavy atom. The van der Waals surface area contributed by atoms with Crippen molar-refractivity contribution in [1.29, 1.82) is 0 Å². The molecule has 0 N–H and O–H groups in total. The molecular formula is C17H20INO3. The molecule has 0 saturated heterocycles. The molecule has 4 nitrogen and oxygen atoms in total. The number of hydrogen-bond acceptors (Lipinski definition) is 3. The lowest BCUT2D eigenvalue weighted by Gasteiger charge is -2.12. The molecule has 0 saturated carbocycles. The fourth-order valence-corrected chi connectivity index (χ4v) is 2.08. The van der Waals surface area contributed by atoms with E-state index in [9.17, 15) is 0 Å². The van der Waals surface area contributed by atoms with Crippen LogP contribution < -0.4 is 42.8 Å². The molecule has 0 fully saturated rings. The number of nitrogens with zero attached hydrogens (tertiary/aromatic N) is 1. The fraction of sp³-hybridized carbons (Fsp3) is 0.235. The standard InChI is InChI=1S/C17H20NO3.HI/c1-18-10-6-5-7-13(18)8-9-15-16(20-3)11-14(19-2)12-17(15)21-4;/h5-12H,1-4H3;1H/q+1;/p-1. The molecule has 0 radical (unpaired) electrons. The van der Waals surface area contributed by atoms with E-state index >= 15 is 0 Å². The van der Waals surface area contributed by atoms with E-state index in [1.165, 1.54) is 0 Å². The summed E-state index contributed by atoms with van der Waals surface area (Å²) in [5.41, 5.74) is 1.96. The molecule has 22 heavy (non-hydrogen) atoms. The van der Waals surface area contributed by atoms with Crippen LogP contribution in [-0.4, -0.2) is 21.3 Å². The topological polar surface area (TPSA) is 31.6 Å². The van der Waals surface area contributed by atoms with Crippen molar-refractivity contribution in [3.05, 3.63) is 47.8 Å². The van der Waals surface area contributed by atoms with Gasteiger partial charge in [0.05, 0.1) is 26.9 Å². The summed E-state index contributed by atoms with van der Waals surface area (Å²) in [6.45, 7) is 0. The van der Waals surface area contributed by atoms with Gasteiger partial charge in [0.2, 0.25) is 5.69 Å². The lowest BCUT2D eigenvalue weighted by atomic mass is 10.1. The van der Waals surface area contributed by atoms with Gasteiger partial charge in [0.25, 0.3) is 0 Å². The molecule has 0 amide bonds. The number of benzene rings is 1. The van der Waals surface area contributed by atoms with Gasteiger partial charge in [-0.2, -0.15) is 0 Å².